The molecule has 0 heterocycles. The van der Waals surface area contributed by atoms with Gasteiger partial charge >= 0.3 is 6.18 Å². The van der Waals surface area contributed by atoms with Crippen molar-refractivity contribution in [3.8, 4) is 5.75 Å². The van der Waals surface area contributed by atoms with Crippen molar-refractivity contribution in [2.24, 2.45) is 5.92 Å². The topological polar surface area (TPSA) is 29.5 Å². The van der Waals surface area contributed by atoms with Crippen LogP contribution in [0.3, 0.4) is 0 Å². The van der Waals surface area contributed by atoms with Gasteiger partial charge in [-0.05, 0) is 44.2 Å². The molecule has 0 unspecified atom stereocenters. The largest absolute Gasteiger partial charge is 0.496 e. The zero-order valence-electron chi connectivity index (χ0n) is 12.3. The van der Waals surface area contributed by atoms with Crippen LogP contribution < -0.4 is 4.74 Å². The molecular formula is C16H21F3O2. The highest BCUT2D eigenvalue weighted by Crippen LogP contribution is 2.42. The molecule has 0 saturated heterocycles. The van der Waals surface area contributed by atoms with E-state index in [1.165, 1.54) is 0 Å². The van der Waals surface area contributed by atoms with Crippen LogP contribution in [0.15, 0.2) is 18.2 Å². The third kappa shape index (κ3) is 3.90. The van der Waals surface area contributed by atoms with Crippen LogP contribution in [0.5, 0.6) is 5.75 Å². The molecule has 118 valence electrons. The van der Waals surface area contributed by atoms with E-state index in [4.69, 9.17) is 4.74 Å². The summed E-state index contributed by atoms with van der Waals surface area (Å²) in [5.74, 6) is -0.607. The molecule has 21 heavy (non-hydrogen) atoms. The minimum absolute atomic E-state index is 0.00582. The van der Waals surface area contributed by atoms with Gasteiger partial charge in [-0.15, -0.1) is 0 Å². The van der Waals surface area contributed by atoms with Crippen molar-refractivity contribution in [2.75, 3.05) is 7.11 Å². The predicted octanol–water partition coefficient (Wildman–Crippen LogP) is 4.03. The lowest BCUT2D eigenvalue weighted by Crippen LogP contribution is -2.39. The van der Waals surface area contributed by atoms with Crippen LogP contribution in [0.2, 0.25) is 0 Å². The van der Waals surface area contributed by atoms with Crippen molar-refractivity contribution < 1.29 is 23.0 Å². The van der Waals surface area contributed by atoms with Gasteiger partial charge in [-0.1, -0.05) is 17.7 Å². The van der Waals surface area contributed by atoms with Gasteiger partial charge in [-0.2, -0.15) is 13.2 Å². The highest BCUT2D eigenvalue weighted by atomic mass is 19.4. The average Bonchev–Trinajstić information content (AvgIpc) is 2.38. The fraction of sp³-hybridized carbons (Fsp3) is 0.625. The van der Waals surface area contributed by atoms with E-state index in [-0.39, 0.29) is 25.7 Å². The Morgan fingerprint density at radius 3 is 2.43 bits per heavy atom. The van der Waals surface area contributed by atoms with Crippen LogP contribution >= 0.6 is 0 Å². The summed E-state index contributed by atoms with van der Waals surface area (Å²) in [6.45, 7) is 1.94. The van der Waals surface area contributed by atoms with Gasteiger partial charge in [0.15, 0.2) is 0 Å². The molecule has 5 heteroatoms. The Labute approximate surface area is 122 Å². The molecule has 1 aromatic carbocycles. The minimum atomic E-state index is -4.15. The van der Waals surface area contributed by atoms with Crippen LogP contribution in [0.25, 0.3) is 0 Å². The van der Waals surface area contributed by atoms with E-state index in [2.05, 4.69) is 0 Å². The van der Waals surface area contributed by atoms with Crippen molar-refractivity contribution in [3.05, 3.63) is 29.3 Å². The zero-order valence-corrected chi connectivity index (χ0v) is 12.3. The first-order chi connectivity index (χ1) is 9.73. The molecule has 0 amide bonds. The Morgan fingerprint density at radius 1 is 1.29 bits per heavy atom. The van der Waals surface area contributed by atoms with E-state index in [9.17, 15) is 18.3 Å². The Morgan fingerprint density at radius 2 is 1.90 bits per heavy atom. The van der Waals surface area contributed by atoms with Gasteiger partial charge in [-0.25, -0.2) is 0 Å². The molecule has 1 saturated carbocycles. The van der Waals surface area contributed by atoms with Gasteiger partial charge in [0.05, 0.1) is 18.6 Å². The van der Waals surface area contributed by atoms with E-state index in [1.807, 2.05) is 25.1 Å². The zero-order chi connectivity index (χ0) is 15.7. The highest BCUT2D eigenvalue weighted by Gasteiger charge is 2.45. The molecule has 1 fully saturated rings. The Balaban J connectivity index is 2.08. The van der Waals surface area contributed by atoms with Gasteiger partial charge in [0.1, 0.15) is 5.75 Å². The maximum atomic E-state index is 12.7. The molecule has 1 aliphatic carbocycles. The molecule has 1 N–H and O–H groups in total. The van der Waals surface area contributed by atoms with E-state index in [1.54, 1.807) is 7.11 Å². The smallest absolute Gasteiger partial charge is 0.391 e. The van der Waals surface area contributed by atoms with Crippen LogP contribution in [0.1, 0.15) is 36.8 Å². The number of halogens is 3. The van der Waals surface area contributed by atoms with E-state index >= 15 is 0 Å². The van der Waals surface area contributed by atoms with Crippen LogP contribution in [0.4, 0.5) is 13.2 Å². The highest BCUT2D eigenvalue weighted by molar-refractivity contribution is 5.38. The van der Waals surface area contributed by atoms with Crippen molar-refractivity contribution >= 4 is 0 Å². The predicted molar refractivity (Wildman–Crippen MR) is 74.4 cm³/mol. The summed E-state index contributed by atoms with van der Waals surface area (Å²) in [5, 5.41) is 10.6. The number of alkyl halides is 3. The molecule has 0 atom stereocenters. The number of ether oxygens (including phenoxy) is 1. The van der Waals surface area contributed by atoms with Gasteiger partial charge in [0.2, 0.25) is 0 Å². The molecule has 1 aliphatic rings. The molecule has 2 rings (SSSR count). The van der Waals surface area contributed by atoms with Gasteiger partial charge in [0.25, 0.3) is 0 Å². The lowest BCUT2D eigenvalue weighted by Gasteiger charge is -2.37. The van der Waals surface area contributed by atoms with Crippen LogP contribution in [-0.2, 0) is 6.42 Å². The van der Waals surface area contributed by atoms with Crippen molar-refractivity contribution in [3.63, 3.8) is 0 Å². The Bertz CT molecular complexity index is 489. The molecular weight excluding hydrogens is 281 g/mol. The summed E-state index contributed by atoms with van der Waals surface area (Å²) in [6.07, 6.45) is -3.48. The molecule has 0 aromatic heterocycles. The summed E-state index contributed by atoms with van der Waals surface area (Å²) in [6, 6.07) is 5.66. The quantitative estimate of drug-likeness (QED) is 0.913. The van der Waals surface area contributed by atoms with E-state index < -0.39 is 17.7 Å². The number of benzene rings is 1. The maximum Gasteiger partial charge on any atom is 0.391 e. The summed E-state index contributed by atoms with van der Waals surface area (Å²) in [4.78, 5) is 0. The summed E-state index contributed by atoms with van der Waals surface area (Å²) in [7, 11) is 1.55. The average molecular weight is 302 g/mol. The summed E-state index contributed by atoms with van der Waals surface area (Å²) < 4.78 is 43.3. The third-order valence-electron chi connectivity index (χ3n) is 4.33. The Hall–Kier alpha value is -1.23. The van der Waals surface area contributed by atoms with Gasteiger partial charge in [-0.3, -0.25) is 0 Å². The standard InChI is InChI=1S/C16H21F3O2/c1-11-3-4-14(21-2)12(9-11)10-15(20)7-5-13(6-8-15)16(17,18)19/h3-4,9,13,20H,5-8,10H2,1-2H3. The first kappa shape index (κ1) is 16.1. The summed E-state index contributed by atoms with van der Waals surface area (Å²) >= 11 is 0. The second-order valence-corrected chi connectivity index (χ2v) is 6.03. The fourth-order valence-corrected chi connectivity index (χ4v) is 3.06. The van der Waals surface area contributed by atoms with Gasteiger partial charge in [0, 0.05) is 6.42 Å². The lowest BCUT2D eigenvalue weighted by atomic mass is 9.75. The molecule has 0 spiro atoms. The molecule has 0 bridgehead atoms. The van der Waals surface area contributed by atoms with Crippen LogP contribution in [-0.4, -0.2) is 24.0 Å². The number of methoxy groups -OCH3 is 1. The number of rotatable bonds is 3. The van der Waals surface area contributed by atoms with Crippen LogP contribution in [0, 0.1) is 12.8 Å². The number of aliphatic hydroxyl groups is 1. The monoisotopic (exact) mass is 302 g/mol. The van der Waals surface area contributed by atoms with Crippen molar-refractivity contribution in [1.82, 2.24) is 0 Å². The lowest BCUT2D eigenvalue weighted by molar-refractivity contribution is -0.192. The van der Waals surface area contributed by atoms with Crippen molar-refractivity contribution in [2.45, 2.75) is 50.8 Å². The second kappa shape index (κ2) is 5.87. The SMILES string of the molecule is COc1ccc(C)cc1CC1(O)CCC(C(F)(F)F)CC1. The van der Waals surface area contributed by atoms with Crippen molar-refractivity contribution in [1.29, 1.82) is 0 Å². The van der Waals surface area contributed by atoms with E-state index in [0.29, 0.717) is 12.2 Å². The molecule has 2 nitrogen and oxygen atoms in total. The maximum absolute atomic E-state index is 12.7. The van der Waals surface area contributed by atoms with Gasteiger partial charge < -0.3 is 9.84 Å². The van der Waals surface area contributed by atoms with E-state index in [0.717, 1.165) is 11.1 Å². The number of aryl methyl sites for hydroxylation is 1. The first-order valence-corrected chi connectivity index (χ1v) is 7.16. The third-order valence-corrected chi connectivity index (χ3v) is 4.33. The fourth-order valence-electron chi connectivity index (χ4n) is 3.06. The number of hydrogen-bond acceptors (Lipinski definition) is 2. The molecule has 0 aliphatic heterocycles. The number of hydrogen-bond donors (Lipinski definition) is 1. The summed E-state index contributed by atoms with van der Waals surface area (Å²) in [5.41, 5.74) is 0.826. The Kier molecular flexibility index (Phi) is 4.51. The minimum Gasteiger partial charge on any atom is -0.496 e. The molecule has 1 aromatic rings. The first-order valence-electron chi connectivity index (χ1n) is 7.16. The normalized spacial score (nSPS) is 26.7. The molecule has 0 radical (unpaired) electrons. The second-order valence-electron chi connectivity index (χ2n) is 6.03.